The second-order valence-electron chi connectivity index (χ2n) is 6.48. The van der Waals surface area contributed by atoms with Crippen molar-refractivity contribution in [3.8, 4) is 0 Å². The Labute approximate surface area is 160 Å². The van der Waals surface area contributed by atoms with E-state index >= 15 is 0 Å². The number of carbonyl (C=O) groups excluding carboxylic acids is 1. The van der Waals surface area contributed by atoms with Crippen molar-refractivity contribution in [2.45, 2.75) is 5.25 Å². The molecule has 2 heterocycles. The van der Waals surface area contributed by atoms with Crippen LogP contribution in [0.2, 0.25) is 5.02 Å². The lowest BCUT2D eigenvalue weighted by molar-refractivity contribution is -0.116. The van der Waals surface area contributed by atoms with Crippen LogP contribution in [0.25, 0.3) is 5.57 Å². The molecule has 0 aromatic heterocycles. The summed E-state index contributed by atoms with van der Waals surface area (Å²) in [5.41, 5.74) is 3.66. The quantitative estimate of drug-likeness (QED) is 0.749. The molecule has 0 radical (unpaired) electrons. The Morgan fingerprint density at radius 2 is 1.81 bits per heavy atom. The molecule has 2 aromatic rings. The number of nitrogens with zero attached hydrogens (tertiary/aromatic N) is 1. The van der Waals surface area contributed by atoms with Crippen LogP contribution in [0, 0.1) is 5.92 Å². The highest BCUT2D eigenvalue weighted by Gasteiger charge is 2.38. The van der Waals surface area contributed by atoms with E-state index in [2.05, 4.69) is 10.4 Å². The van der Waals surface area contributed by atoms with Gasteiger partial charge < -0.3 is 0 Å². The van der Waals surface area contributed by atoms with Crippen molar-refractivity contribution in [2.24, 2.45) is 10.9 Å². The Morgan fingerprint density at radius 1 is 1.00 bits per heavy atom. The van der Waals surface area contributed by atoms with Gasteiger partial charge in [0.05, 0.1) is 22.5 Å². The van der Waals surface area contributed by atoms with Crippen molar-refractivity contribution < 1.29 is 4.79 Å². The molecule has 0 N–H and O–H groups in total. The molecule has 2 aliphatic heterocycles. The van der Waals surface area contributed by atoms with Crippen LogP contribution >= 0.6 is 23.4 Å². The van der Waals surface area contributed by atoms with Crippen LogP contribution in [0.4, 0.5) is 0 Å². The number of rotatable bonds is 1. The molecule has 0 amide bonds. The molecule has 1 aliphatic carbocycles. The monoisotopic (exact) mass is 375 g/mol. The van der Waals surface area contributed by atoms with E-state index in [1.165, 1.54) is 0 Å². The summed E-state index contributed by atoms with van der Waals surface area (Å²) in [6, 6.07) is 15.7. The van der Waals surface area contributed by atoms with Gasteiger partial charge in [-0.15, -0.1) is 11.8 Å². The number of allylic oxidation sites excluding steroid dienone is 5. The molecule has 2 aromatic carbocycles. The number of fused-ring (bicyclic) bond motifs is 3. The fraction of sp³-hybridized carbons (Fsp3) is 0.0909. The maximum atomic E-state index is 13.6. The van der Waals surface area contributed by atoms with Gasteiger partial charge in [0, 0.05) is 15.5 Å². The molecule has 0 saturated heterocycles. The molecule has 126 valence electrons. The molecule has 0 saturated carbocycles. The third kappa shape index (κ3) is 2.43. The summed E-state index contributed by atoms with van der Waals surface area (Å²) in [4.78, 5) is 18.3. The van der Waals surface area contributed by atoms with Gasteiger partial charge in [0.2, 0.25) is 0 Å². The Hall–Kier alpha value is -2.36. The zero-order chi connectivity index (χ0) is 17.7. The standard InChI is InChI=1S/C22H14ClNOS/c23-15-8-5-14(6-9-15)22-19-13(11-12-26-22)7-10-18-20(21(19)25)16-3-1-2-4-17(16)24-18/h1-12,19,22H. The fourth-order valence-electron chi connectivity index (χ4n) is 3.75. The Kier molecular flexibility index (Phi) is 3.73. The van der Waals surface area contributed by atoms with Gasteiger partial charge in [0.15, 0.2) is 5.78 Å². The zero-order valence-corrected chi connectivity index (χ0v) is 15.3. The van der Waals surface area contributed by atoms with Crippen molar-refractivity contribution in [2.75, 3.05) is 0 Å². The first kappa shape index (κ1) is 15.9. The van der Waals surface area contributed by atoms with E-state index < -0.39 is 0 Å². The highest BCUT2D eigenvalue weighted by atomic mass is 35.5. The molecule has 2 nitrogen and oxygen atoms in total. The molecule has 2 unspecified atom stereocenters. The van der Waals surface area contributed by atoms with E-state index in [-0.39, 0.29) is 17.0 Å². The van der Waals surface area contributed by atoms with Crippen molar-refractivity contribution >= 4 is 34.7 Å². The van der Waals surface area contributed by atoms with Crippen LogP contribution < -0.4 is 10.6 Å². The van der Waals surface area contributed by atoms with Crippen LogP contribution in [0.1, 0.15) is 10.8 Å². The van der Waals surface area contributed by atoms with Gasteiger partial charge in [-0.25, -0.2) is 4.99 Å². The van der Waals surface area contributed by atoms with Gasteiger partial charge in [0.1, 0.15) is 0 Å². The largest absolute Gasteiger partial charge is 0.293 e. The van der Waals surface area contributed by atoms with Gasteiger partial charge in [-0.2, -0.15) is 0 Å². The van der Waals surface area contributed by atoms with Crippen LogP contribution in [0.5, 0.6) is 0 Å². The number of halogens is 1. The fourth-order valence-corrected chi connectivity index (χ4v) is 5.03. The van der Waals surface area contributed by atoms with E-state index in [4.69, 9.17) is 11.6 Å². The van der Waals surface area contributed by atoms with E-state index in [1.54, 1.807) is 11.8 Å². The lowest BCUT2D eigenvalue weighted by atomic mass is 9.84. The number of para-hydroxylation sites is 1. The lowest BCUT2D eigenvalue weighted by Gasteiger charge is -2.29. The Bertz CT molecular complexity index is 1140. The molecule has 26 heavy (non-hydrogen) atoms. The third-order valence-electron chi connectivity index (χ3n) is 4.98. The zero-order valence-electron chi connectivity index (χ0n) is 13.7. The molecule has 5 rings (SSSR count). The van der Waals surface area contributed by atoms with Gasteiger partial charge >= 0.3 is 0 Å². The highest BCUT2D eigenvalue weighted by Crippen LogP contribution is 2.47. The lowest BCUT2D eigenvalue weighted by Crippen LogP contribution is -2.30. The van der Waals surface area contributed by atoms with Crippen LogP contribution in [0.15, 0.2) is 88.4 Å². The summed E-state index contributed by atoms with van der Waals surface area (Å²) in [6.07, 6.45) is 6.06. The normalized spacial score (nSPS) is 23.3. The summed E-state index contributed by atoms with van der Waals surface area (Å²) < 4.78 is 0. The van der Waals surface area contributed by atoms with Gasteiger partial charge in [-0.1, -0.05) is 54.1 Å². The predicted molar refractivity (Wildman–Crippen MR) is 106 cm³/mol. The summed E-state index contributed by atoms with van der Waals surface area (Å²) in [7, 11) is 0. The molecular weight excluding hydrogens is 362 g/mol. The minimum absolute atomic E-state index is 0.0315. The van der Waals surface area contributed by atoms with Crippen molar-refractivity contribution in [1.29, 1.82) is 0 Å². The average Bonchev–Trinajstić information content (AvgIpc) is 2.98. The highest BCUT2D eigenvalue weighted by molar-refractivity contribution is 8.02. The molecule has 3 aliphatic rings. The second kappa shape index (κ2) is 6.11. The summed E-state index contributed by atoms with van der Waals surface area (Å²) in [5.74, 6) is -0.0817. The maximum absolute atomic E-state index is 13.6. The molecule has 4 heteroatoms. The van der Waals surface area contributed by atoms with E-state index in [9.17, 15) is 4.79 Å². The molecule has 0 spiro atoms. The first-order valence-corrected chi connectivity index (χ1v) is 9.76. The van der Waals surface area contributed by atoms with Crippen LogP contribution in [-0.4, -0.2) is 5.78 Å². The van der Waals surface area contributed by atoms with Gasteiger partial charge in [0.25, 0.3) is 0 Å². The Morgan fingerprint density at radius 3 is 2.65 bits per heavy atom. The summed E-state index contributed by atoms with van der Waals surface area (Å²) in [6.45, 7) is 0. The second-order valence-corrected chi connectivity index (χ2v) is 7.96. The number of carbonyl (C=O) groups is 1. The van der Waals surface area contributed by atoms with Crippen LogP contribution in [0.3, 0.4) is 0 Å². The number of hydrogen-bond acceptors (Lipinski definition) is 3. The number of benzene rings is 2. The Balaban J connectivity index is 1.69. The number of Topliss-reactive ketones (excluding diaryl/α,β-unsaturated/α-hetero) is 1. The average molecular weight is 376 g/mol. The van der Waals surface area contributed by atoms with E-state index in [0.29, 0.717) is 5.02 Å². The van der Waals surface area contributed by atoms with Crippen molar-refractivity contribution in [3.63, 3.8) is 0 Å². The first-order chi connectivity index (χ1) is 12.7. The number of hydrogen-bond donors (Lipinski definition) is 0. The molecule has 0 bridgehead atoms. The topological polar surface area (TPSA) is 29.4 Å². The number of ketones is 1. The number of thioether (sulfide) groups is 1. The van der Waals surface area contributed by atoms with Crippen molar-refractivity contribution in [1.82, 2.24) is 0 Å². The summed E-state index contributed by atoms with van der Waals surface area (Å²) in [5, 5.41) is 4.62. The maximum Gasteiger partial charge on any atom is 0.174 e. The SMILES string of the molecule is O=C1C2=c3ccccc3=NC2=CC=C2C=CSC(c3ccc(Cl)cc3)C12. The minimum atomic E-state index is -0.226. The molecule has 2 atom stereocenters. The molecular formula is C22H14ClNOS. The minimum Gasteiger partial charge on any atom is -0.293 e. The first-order valence-electron chi connectivity index (χ1n) is 8.44. The van der Waals surface area contributed by atoms with Crippen molar-refractivity contribution in [3.05, 3.63) is 105 Å². The van der Waals surface area contributed by atoms with Gasteiger partial charge in [-0.05, 0) is 40.8 Å². The summed E-state index contributed by atoms with van der Waals surface area (Å²) >= 11 is 7.73. The smallest absolute Gasteiger partial charge is 0.174 e. The molecule has 0 fully saturated rings. The third-order valence-corrected chi connectivity index (χ3v) is 6.36. The predicted octanol–water partition coefficient (Wildman–Crippen LogP) is 4.13. The van der Waals surface area contributed by atoms with E-state index in [0.717, 1.165) is 33.0 Å². The van der Waals surface area contributed by atoms with Gasteiger partial charge in [-0.3, -0.25) is 4.79 Å². The van der Waals surface area contributed by atoms with E-state index in [1.807, 2.05) is 66.8 Å². The van der Waals surface area contributed by atoms with Crippen LogP contribution in [-0.2, 0) is 4.79 Å².